The Morgan fingerprint density at radius 1 is 1.20 bits per heavy atom. The van der Waals surface area contributed by atoms with E-state index in [0.717, 1.165) is 0 Å². The van der Waals surface area contributed by atoms with Crippen molar-refractivity contribution in [2.24, 2.45) is 0 Å². The van der Waals surface area contributed by atoms with E-state index in [1.165, 1.54) is 4.31 Å². The molecule has 0 spiro atoms. The fourth-order valence-electron chi connectivity index (χ4n) is 1.47. The quantitative estimate of drug-likeness (QED) is 0.600. The number of hydrogen-bond acceptors (Lipinski definition) is 3. The fraction of sp³-hybridized carbons (Fsp3) is 1.00. The summed E-state index contributed by atoms with van der Waals surface area (Å²) in [6, 6.07) is 0. The van der Waals surface area contributed by atoms with Crippen LogP contribution in [0.5, 0.6) is 0 Å². The summed E-state index contributed by atoms with van der Waals surface area (Å²) in [7, 11) is -3.46. The monoisotopic (exact) mass is 427 g/mol. The van der Waals surface area contributed by atoms with E-state index in [-0.39, 0.29) is 12.2 Å². The van der Waals surface area contributed by atoms with Crippen LogP contribution < -0.4 is 0 Å². The van der Waals surface area contributed by atoms with E-state index in [1.807, 2.05) is 13.8 Å². The fourth-order valence-corrected chi connectivity index (χ4v) is 4.42. The lowest BCUT2D eigenvalue weighted by molar-refractivity contribution is -0.0440. The molecule has 0 radical (unpaired) electrons. The van der Waals surface area contributed by atoms with Gasteiger partial charge in [0, 0.05) is 13.1 Å². The smallest absolute Gasteiger partial charge is 0.250 e. The molecule has 2 atom stereocenters. The predicted molar refractivity (Wildman–Crippen MR) is 70.0 cm³/mol. The zero-order valence-corrected chi connectivity index (χ0v) is 13.9. The van der Waals surface area contributed by atoms with Gasteiger partial charge >= 0.3 is 0 Å². The van der Waals surface area contributed by atoms with Gasteiger partial charge in [0.15, 0.2) is 0 Å². The van der Waals surface area contributed by atoms with Gasteiger partial charge in [0.2, 0.25) is 1.47 Å². The van der Waals surface area contributed by atoms with E-state index in [9.17, 15) is 8.42 Å². The highest BCUT2D eigenvalue weighted by molar-refractivity contribution is 9.42. The van der Waals surface area contributed by atoms with Crippen molar-refractivity contribution in [2.75, 3.05) is 13.1 Å². The van der Waals surface area contributed by atoms with Crippen LogP contribution in [-0.2, 0) is 14.8 Å². The van der Waals surface area contributed by atoms with Gasteiger partial charge < -0.3 is 4.74 Å². The molecular formula is C7H12Br3NO3S. The third kappa shape index (κ3) is 3.38. The molecule has 90 valence electrons. The lowest BCUT2D eigenvalue weighted by atomic mass is 10.3. The molecule has 1 rings (SSSR count). The summed E-state index contributed by atoms with van der Waals surface area (Å²) in [6.07, 6.45) is -0.170. The minimum Gasteiger partial charge on any atom is -0.373 e. The molecule has 0 saturated carbocycles. The van der Waals surface area contributed by atoms with Crippen LogP contribution in [0.2, 0.25) is 0 Å². The van der Waals surface area contributed by atoms with Crippen LogP contribution in [0.25, 0.3) is 0 Å². The molecule has 0 amide bonds. The van der Waals surface area contributed by atoms with Gasteiger partial charge in [0.25, 0.3) is 10.0 Å². The highest BCUT2D eigenvalue weighted by Crippen LogP contribution is 2.41. The average Bonchev–Trinajstić information content (AvgIpc) is 1.99. The second-order valence-corrected chi connectivity index (χ2v) is 13.9. The van der Waals surface area contributed by atoms with Crippen molar-refractivity contribution >= 4 is 57.8 Å². The molecule has 1 aliphatic heterocycles. The van der Waals surface area contributed by atoms with E-state index in [0.29, 0.717) is 13.1 Å². The van der Waals surface area contributed by atoms with Gasteiger partial charge in [-0.15, -0.1) is 0 Å². The Bertz CT molecular complexity index is 317. The Labute approximate surface area is 115 Å². The summed E-state index contributed by atoms with van der Waals surface area (Å²) in [4.78, 5) is 0. The molecule has 0 N–H and O–H groups in total. The SMILES string of the molecule is CC1CN(S(=O)(=O)C(Br)(Br)Br)CC(C)O1. The average molecular weight is 430 g/mol. The van der Waals surface area contributed by atoms with E-state index in [2.05, 4.69) is 47.8 Å². The Morgan fingerprint density at radius 3 is 1.93 bits per heavy atom. The maximum absolute atomic E-state index is 12.0. The topological polar surface area (TPSA) is 46.6 Å². The third-order valence-electron chi connectivity index (χ3n) is 2.02. The molecule has 4 nitrogen and oxygen atoms in total. The van der Waals surface area contributed by atoms with Crippen LogP contribution in [0.4, 0.5) is 0 Å². The van der Waals surface area contributed by atoms with Crippen LogP contribution in [-0.4, -0.2) is 39.5 Å². The second-order valence-electron chi connectivity index (χ2n) is 3.53. The lowest BCUT2D eigenvalue weighted by Gasteiger charge is -2.36. The van der Waals surface area contributed by atoms with Crippen molar-refractivity contribution in [1.82, 2.24) is 4.31 Å². The first-order valence-corrected chi connectivity index (χ1v) is 8.18. The number of halogens is 3. The molecule has 8 heteroatoms. The van der Waals surface area contributed by atoms with Crippen molar-refractivity contribution in [3.8, 4) is 0 Å². The summed E-state index contributed by atoms with van der Waals surface area (Å²) in [6.45, 7) is 4.46. The molecule has 1 aliphatic rings. The molecule has 0 aromatic heterocycles. The maximum Gasteiger partial charge on any atom is 0.250 e. The van der Waals surface area contributed by atoms with E-state index in [1.54, 1.807) is 0 Å². The van der Waals surface area contributed by atoms with Gasteiger partial charge in [-0.05, 0) is 61.6 Å². The molecule has 0 bridgehead atoms. The molecule has 15 heavy (non-hydrogen) atoms. The summed E-state index contributed by atoms with van der Waals surface area (Å²) in [5.74, 6) is 0. The normalized spacial score (nSPS) is 30.5. The lowest BCUT2D eigenvalue weighted by Crippen LogP contribution is -2.50. The number of rotatable bonds is 1. The van der Waals surface area contributed by atoms with Crippen LogP contribution in [0.1, 0.15) is 13.8 Å². The Balaban J connectivity index is 2.89. The number of alkyl halides is 3. The predicted octanol–water partition coefficient (Wildman–Crippen LogP) is 2.22. The molecule has 0 aromatic carbocycles. The summed E-state index contributed by atoms with van der Waals surface area (Å²) in [5.41, 5.74) is 0. The largest absolute Gasteiger partial charge is 0.373 e. The standard InChI is InChI=1S/C7H12Br3NO3S/c1-5-3-11(4-6(2)14-5)15(12,13)7(8,9)10/h5-6H,3-4H2,1-2H3. The molecule has 0 aromatic rings. The number of hydrogen-bond donors (Lipinski definition) is 0. The Hall–Kier alpha value is 1.31. The van der Waals surface area contributed by atoms with Crippen LogP contribution in [0, 0.1) is 0 Å². The Kier molecular flexibility index (Phi) is 4.69. The zero-order valence-electron chi connectivity index (χ0n) is 8.28. The molecule has 1 saturated heterocycles. The summed E-state index contributed by atoms with van der Waals surface area (Å²) >= 11 is 9.12. The van der Waals surface area contributed by atoms with E-state index in [4.69, 9.17) is 4.74 Å². The number of nitrogens with zero attached hydrogens (tertiary/aromatic N) is 1. The molecule has 1 heterocycles. The van der Waals surface area contributed by atoms with Crippen molar-refractivity contribution < 1.29 is 13.2 Å². The van der Waals surface area contributed by atoms with Gasteiger partial charge in [-0.2, -0.15) is 4.31 Å². The van der Waals surface area contributed by atoms with Crippen molar-refractivity contribution in [1.29, 1.82) is 0 Å². The molecule has 1 fully saturated rings. The van der Waals surface area contributed by atoms with E-state index < -0.39 is 11.5 Å². The van der Waals surface area contributed by atoms with Crippen LogP contribution in [0.15, 0.2) is 0 Å². The highest BCUT2D eigenvalue weighted by atomic mass is 80.0. The first-order chi connectivity index (χ1) is 6.64. The Morgan fingerprint density at radius 2 is 1.60 bits per heavy atom. The van der Waals surface area contributed by atoms with Crippen LogP contribution >= 0.6 is 47.8 Å². The van der Waals surface area contributed by atoms with Crippen molar-refractivity contribution in [3.05, 3.63) is 0 Å². The van der Waals surface area contributed by atoms with Gasteiger partial charge in [-0.1, -0.05) is 0 Å². The second kappa shape index (κ2) is 4.89. The number of sulfonamides is 1. The van der Waals surface area contributed by atoms with Gasteiger partial charge in [0.05, 0.1) is 12.2 Å². The first-order valence-electron chi connectivity index (χ1n) is 4.36. The maximum atomic E-state index is 12.0. The van der Waals surface area contributed by atoms with Gasteiger partial charge in [0.1, 0.15) is 0 Å². The first kappa shape index (κ1) is 14.4. The van der Waals surface area contributed by atoms with Crippen LogP contribution in [0.3, 0.4) is 0 Å². The highest BCUT2D eigenvalue weighted by Gasteiger charge is 2.43. The molecule has 0 aliphatic carbocycles. The summed E-state index contributed by atoms with van der Waals surface area (Å²) in [5, 5.41) is 0. The molecular weight excluding hydrogens is 418 g/mol. The zero-order chi connectivity index (χ0) is 11.9. The van der Waals surface area contributed by atoms with E-state index >= 15 is 0 Å². The van der Waals surface area contributed by atoms with Crippen molar-refractivity contribution in [3.63, 3.8) is 0 Å². The number of ether oxygens (including phenoxy) is 1. The minimum absolute atomic E-state index is 0.0848. The number of morpholine rings is 1. The third-order valence-corrected chi connectivity index (χ3v) is 7.26. The van der Waals surface area contributed by atoms with Gasteiger partial charge in [-0.3, -0.25) is 0 Å². The van der Waals surface area contributed by atoms with Crippen molar-refractivity contribution in [2.45, 2.75) is 27.5 Å². The summed E-state index contributed by atoms with van der Waals surface area (Å²) < 4.78 is 29.6. The minimum atomic E-state index is -3.46. The molecule has 2 unspecified atom stereocenters. The van der Waals surface area contributed by atoms with Gasteiger partial charge in [-0.25, -0.2) is 8.42 Å².